The summed E-state index contributed by atoms with van der Waals surface area (Å²) in [5.41, 5.74) is 4.94. The van der Waals surface area contributed by atoms with Crippen LogP contribution in [-0.4, -0.2) is 74.9 Å². The second-order valence-electron chi connectivity index (χ2n) is 11.0. The lowest BCUT2D eigenvalue weighted by molar-refractivity contribution is -0.129. The number of nitrogens with zero attached hydrogens (tertiary/aromatic N) is 4. The van der Waals surface area contributed by atoms with Crippen LogP contribution < -0.4 is 10.1 Å². The number of hydrogen-bond donors (Lipinski definition) is 2. The summed E-state index contributed by atoms with van der Waals surface area (Å²) in [5, 5.41) is 14.2. The zero-order valence-corrected chi connectivity index (χ0v) is 23.8. The van der Waals surface area contributed by atoms with Crippen molar-refractivity contribution in [2.24, 2.45) is 0 Å². The summed E-state index contributed by atoms with van der Waals surface area (Å²) in [5.74, 6) is 1.57. The number of oxazole rings is 1. The number of ketones is 1. The molecular formula is C31H39N5O5. The maximum atomic E-state index is 12.9. The van der Waals surface area contributed by atoms with E-state index in [0.717, 1.165) is 62.4 Å². The topological polar surface area (TPSA) is 121 Å². The fourth-order valence-corrected chi connectivity index (χ4v) is 5.71. The number of nitrogens with one attached hydrogen (secondary N) is 1. The number of ether oxygens (including phenoxy) is 1. The minimum atomic E-state index is -0.598. The Balaban J connectivity index is 1.07. The number of amides is 1. The molecule has 1 saturated heterocycles. The molecule has 41 heavy (non-hydrogen) atoms. The number of likely N-dealkylation sites (tertiary alicyclic amines) is 1. The van der Waals surface area contributed by atoms with Crippen molar-refractivity contribution in [2.75, 3.05) is 31.5 Å². The Kier molecular flexibility index (Phi) is 9.31. The quantitative estimate of drug-likeness (QED) is 0.337. The first-order valence-electron chi connectivity index (χ1n) is 14.4. The maximum Gasteiger partial charge on any atom is 0.219 e. The molecule has 218 valence electrons. The van der Waals surface area contributed by atoms with Gasteiger partial charge in [-0.2, -0.15) is 0 Å². The lowest BCUT2D eigenvalue weighted by atomic mass is 9.94. The Labute approximate surface area is 240 Å². The molecule has 3 aromatic rings. The lowest BCUT2D eigenvalue weighted by Gasteiger charge is -2.32. The Morgan fingerprint density at radius 3 is 2.80 bits per heavy atom. The monoisotopic (exact) mass is 561 g/mol. The van der Waals surface area contributed by atoms with Gasteiger partial charge in [0.1, 0.15) is 18.1 Å². The molecule has 1 atom stereocenters. The average molecular weight is 562 g/mol. The molecule has 1 amide bonds. The standard InChI is InChI=1S/C31H39N5O5/c1-21-28-10-12-35(17-23(28)3-6-31(21)40-19-27-16-32-20-41-27)18-26(38)4-5-30(39)29-15-25(7-11-33-29)34-24-8-13-36(14-9-24)22(2)37/h3,6-7,11,15-16,20,24,26,38H,4-5,8-10,12-14,17-19H2,1-2H3,(H,33,34)/t26-/m0/s1. The number of carbonyl (C=O) groups is 2. The van der Waals surface area contributed by atoms with Gasteiger partial charge in [0.2, 0.25) is 5.91 Å². The molecule has 1 aromatic carbocycles. The molecular weight excluding hydrogens is 522 g/mol. The van der Waals surface area contributed by atoms with Gasteiger partial charge in [0.25, 0.3) is 0 Å². The molecule has 0 aliphatic carbocycles. The number of pyridine rings is 1. The highest BCUT2D eigenvalue weighted by Crippen LogP contribution is 2.30. The number of carbonyl (C=O) groups excluding carboxylic acids is 2. The molecule has 2 aliphatic heterocycles. The second-order valence-corrected chi connectivity index (χ2v) is 11.0. The van der Waals surface area contributed by atoms with Gasteiger partial charge in [-0.25, -0.2) is 4.98 Å². The van der Waals surface area contributed by atoms with Crippen molar-refractivity contribution in [3.63, 3.8) is 0 Å². The van der Waals surface area contributed by atoms with Gasteiger partial charge in [-0.15, -0.1) is 0 Å². The summed E-state index contributed by atoms with van der Waals surface area (Å²) in [6.07, 6.45) is 7.35. The minimum absolute atomic E-state index is 0.0726. The third-order valence-electron chi connectivity index (χ3n) is 8.10. The fourth-order valence-electron chi connectivity index (χ4n) is 5.71. The molecule has 2 N–H and O–H groups in total. The zero-order chi connectivity index (χ0) is 28.8. The number of aromatic nitrogens is 2. The van der Waals surface area contributed by atoms with Crippen LogP contribution in [0.4, 0.5) is 5.69 Å². The van der Waals surface area contributed by atoms with E-state index in [0.29, 0.717) is 31.0 Å². The van der Waals surface area contributed by atoms with Gasteiger partial charge in [-0.3, -0.25) is 19.5 Å². The Morgan fingerprint density at radius 1 is 1.22 bits per heavy atom. The first kappa shape index (κ1) is 28.8. The summed E-state index contributed by atoms with van der Waals surface area (Å²) >= 11 is 0. The molecule has 0 saturated carbocycles. The van der Waals surface area contributed by atoms with E-state index in [1.807, 2.05) is 17.0 Å². The fraction of sp³-hybridized carbons (Fsp3) is 0.484. The van der Waals surface area contributed by atoms with E-state index < -0.39 is 6.10 Å². The van der Waals surface area contributed by atoms with E-state index in [-0.39, 0.29) is 24.2 Å². The van der Waals surface area contributed by atoms with Crippen molar-refractivity contribution in [2.45, 2.75) is 71.2 Å². The molecule has 10 nitrogen and oxygen atoms in total. The van der Waals surface area contributed by atoms with Gasteiger partial charge < -0.3 is 24.5 Å². The average Bonchev–Trinajstić information content (AvgIpc) is 3.50. The summed E-state index contributed by atoms with van der Waals surface area (Å²) < 4.78 is 11.2. The Hall–Kier alpha value is -3.76. The molecule has 2 aliphatic rings. The van der Waals surface area contributed by atoms with Gasteiger partial charge in [-0.1, -0.05) is 6.07 Å². The number of fused-ring (bicyclic) bond motifs is 1. The Morgan fingerprint density at radius 2 is 2.05 bits per heavy atom. The third-order valence-corrected chi connectivity index (χ3v) is 8.10. The van der Waals surface area contributed by atoms with Gasteiger partial charge >= 0.3 is 0 Å². The van der Waals surface area contributed by atoms with Crippen LogP contribution in [0.25, 0.3) is 0 Å². The normalized spacial score (nSPS) is 16.7. The van der Waals surface area contributed by atoms with Crippen molar-refractivity contribution in [3.8, 4) is 5.75 Å². The van der Waals surface area contributed by atoms with E-state index in [1.165, 1.54) is 17.5 Å². The van der Waals surface area contributed by atoms with Crippen molar-refractivity contribution in [1.29, 1.82) is 0 Å². The first-order chi connectivity index (χ1) is 19.9. The number of anilines is 1. The van der Waals surface area contributed by atoms with Crippen LogP contribution in [0.5, 0.6) is 5.75 Å². The second kappa shape index (κ2) is 13.3. The van der Waals surface area contributed by atoms with Crippen LogP contribution in [0.1, 0.15) is 65.5 Å². The molecule has 2 aromatic heterocycles. The third kappa shape index (κ3) is 7.51. The van der Waals surface area contributed by atoms with Gasteiger partial charge in [0.15, 0.2) is 17.9 Å². The minimum Gasteiger partial charge on any atom is -0.485 e. The molecule has 5 rings (SSSR count). The number of benzene rings is 1. The van der Waals surface area contributed by atoms with Crippen LogP contribution >= 0.6 is 0 Å². The molecule has 0 radical (unpaired) electrons. The van der Waals surface area contributed by atoms with Gasteiger partial charge in [0, 0.05) is 64.0 Å². The van der Waals surface area contributed by atoms with Gasteiger partial charge in [0.05, 0.1) is 12.3 Å². The summed E-state index contributed by atoms with van der Waals surface area (Å²) in [7, 11) is 0. The number of piperidine rings is 1. The molecule has 0 unspecified atom stereocenters. The largest absolute Gasteiger partial charge is 0.485 e. The number of β-amino-alcohol motifs (C(OH)–C–C–N with tert-alkyl or cyclic N) is 1. The van der Waals surface area contributed by atoms with Crippen LogP contribution in [-0.2, 0) is 24.4 Å². The lowest BCUT2D eigenvalue weighted by Crippen LogP contribution is -2.41. The van der Waals surface area contributed by atoms with Crippen molar-refractivity contribution in [3.05, 3.63) is 71.2 Å². The van der Waals surface area contributed by atoms with Crippen LogP contribution in [0.3, 0.4) is 0 Å². The number of aliphatic hydroxyl groups is 1. The summed E-state index contributed by atoms with van der Waals surface area (Å²) in [4.78, 5) is 36.7. The molecule has 0 spiro atoms. The highest BCUT2D eigenvalue weighted by atomic mass is 16.5. The molecule has 10 heteroatoms. The van der Waals surface area contributed by atoms with E-state index in [2.05, 4.69) is 33.2 Å². The number of aliphatic hydroxyl groups excluding tert-OH is 1. The molecule has 1 fully saturated rings. The highest BCUT2D eigenvalue weighted by molar-refractivity contribution is 5.95. The smallest absolute Gasteiger partial charge is 0.219 e. The molecule has 0 bridgehead atoms. The highest BCUT2D eigenvalue weighted by Gasteiger charge is 2.23. The van der Waals surface area contributed by atoms with Crippen molar-refractivity contribution >= 4 is 17.4 Å². The summed E-state index contributed by atoms with van der Waals surface area (Å²) in [6.45, 7) is 7.62. The molecule has 4 heterocycles. The predicted octanol–water partition coefficient (Wildman–Crippen LogP) is 3.76. The Bertz CT molecular complexity index is 1340. The zero-order valence-electron chi connectivity index (χ0n) is 23.8. The van der Waals surface area contributed by atoms with Crippen molar-refractivity contribution in [1.82, 2.24) is 19.8 Å². The van der Waals surface area contributed by atoms with E-state index in [9.17, 15) is 14.7 Å². The van der Waals surface area contributed by atoms with Crippen molar-refractivity contribution < 1.29 is 23.8 Å². The van der Waals surface area contributed by atoms with Gasteiger partial charge in [-0.05, 0) is 67.5 Å². The SMILES string of the molecule is CC(=O)N1CCC(Nc2ccnc(C(=O)CC[C@H](O)CN3CCc4c(ccc(OCc5cnco5)c4C)C3)c2)CC1. The summed E-state index contributed by atoms with van der Waals surface area (Å²) in [6, 6.07) is 8.01. The first-order valence-corrected chi connectivity index (χ1v) is 14.4. The number of rotatable bonds is 11. The van der Waals surface area contributed by atoms with Crippen LogP contribution in [0, 0.1) is 6.92 Å². The number of Topliss-reactive ketones (excluding diaryl/α,β-unsaturated/α-hetero) is 1. The van der Waals surface area contributed by atoms with E-state index >= 15 is 0 Å². The van der Waals surface area contributed by atoms with E-state index in [1.54, 1.807) is 25.4 Å². The van der Waals surface area contributed by atoms with Crippen LogP contribution in [0.2, 0.25) is 0 Å². The van der Waals surface area contributed by atoms with E-state index in [4.69, 9.17) is 9.15 Å². The predicted molar refractivity (Wildman–Crippen MR) is 154 cm³/mol. The maximum absolute atomic E-state index is 12.9. The van der Waals surface area contributed by atoms with Crippen LogP contribution in [0.15, 0.2) is 47.5 Å². The number of hydrogen-bond acceptors (Lipinski definition) is 9.